The van der Waals surface area contributed by atoms with E-state index < -0.39 is 0 Å². The van der Waals surface area contributed by atoms with E-state index >= 15 is 0 Å². The fourth-order valence-corrected chi connectivity index (χ4v) is 8.97. The first-order valence-corrected chi connectivity index (χ1v) is 19.0. The maximum absolute atomic E-state index is 5.03. The third-order valence-corrected chi connectivity index (χ3v) is 11.5. The van der Waals surface area contributed by atoms with Crippen molar-refractivity contribution in [3.8, 4) is 11.3 Å². The number of allylic oxidation sites excluding steroid dienone is 1. The summed E-state index contributed by atoms with van der Waals surface area (Å²) in [4.78, 5) is 5.12. The van der Waals surface area contributed by atoms with Gasteiger partial charge in [-0.2, -0.15) is 0 Å². The summed E-state index contributed by atoms with van der Waals surface area (Å²) >= 11 is 1.56. The predicted octanol–water partition coefficient (Wildman–Crippen LogP) is 10.4. The van der Waals surface area contributed by atoms with Crippen LogP contribution in [0.15, 0.2) is 67.5 Å². The Balaban J connectivity index is 1.87. The van der Waals surface area contributed by atoms with Gasteiger partial charge in [-0.1, -0.05) is 96.2 Å². The molecule has 2 aromatic carbocycles. The van der Waals surface area contributed by atoms with Crippen molar-refractivity contribution in [3.05, 3.63) is 89.8 Å². The molecule has 2 aliphatic rings. The second-order valence-corrected chi connectivity index (χ2v) is 16.3. The van der Waals surface area contributed by atoms with Gasteiger partial charge in [0.25, 0.3) is 0 Å². The molecule has 1 saturated heterocycles. The van der Waals surface area contributed by atoms with Crippen molar-refractivity contribution in [1.82, 2.24) is 23.4 Å². The normalized spacial score (nSPS) is 18.7. The van der Waals surface area contributed by atoms with Crippen LogP contribution in [0.25, 0.3) is 27.9 Å². The van der Waals surface area contributed by atoms with Crippen molar-refractivity contribution in [2.45, 2.75) is 92.5 Å². The lowest BCUT2D eigenvalue weighted by Crippen LogP contribution is -2.43. The molecule has 0 bridgehead atoms. The lowest BCUT2D eigenvalue weighted by molar-refractivity contribution is 0.186. The Morgan fingerprint density at radius 3 is 2.33 bits per heavy atom. The second kappa shape index (κ2) is 14.8. The third-order valence-electron chi connectivity index (χ3n) is 10.8. The van der Waals surface area contributed by atoms with Crippen LogP contribution in [0.3, 0.4) is 0 Å². The molecule has 48 heavy (non-hydrogen) atoms. The van der Waals surface area contributed by atoms with Crippen LogP contribution in [-0.4, -0.2) is 58.9 Å². The van der Waals surface area contributed by atoms with Crippen LogP contribution >= 0.6 is 12.1 Å². The Morgan fingerprint density at radius 1 is 1.02 bits per heavy atom. The number of aryl methyl sites for hydroxylation is 1. The first kappa shape index (κ1) is 36.2. The van der Waals surface area contributed by atoms with Crippen molar-refractivity contribution in [3.63, 3.8) is 0 Å². The van der Waals surface area contributed by atoms with Gasteiger partial charge in [0, 0.05) is 84.3 Å². The minimum Gasteiger partial charge on any atom is -0.375 e. The molecule has 2 unspecified atom stereocenters. The van der Waals surface area contributed by atoms with Crippen molar-refractivity contribution in [2.75, 3.05) is 40.3 Å². The highest BCUT2D eigenvalue weighted by Gasteiger charge is 2.53. The molecule has 0 radical (unpaired) electrons. The Morgan fingerprint density at radius 2 is 1.73 bits per heavy atom. The van der Waals surface area contributed by atoms with Gasteiger partial charge in [-0.05, 0) is 82.3 Å². The van der Waals surface area contributed by atoms with Crippen LogP contribution in [0.2, 0.25) is 0 Å². The first-order valence-electron chi connectivity index (χ1n) is 18.3. The molecule has 0 amide bonds. The smallest absolute Gasteiger partial charge is 0.0536 e. The minimum absolute atomic E-state index is 0.197. The number of hydrogen-bond donors (Lipinski definition) is 1. The first-order chi connectivity index (χ1) is 22.9. The van der Waals surface area contributed by atoms with Crippen LogP contribution in [0.1, 0.15) is 101 Å². The van der Waals surface area contributed by atoms with Crippen LogP contribution in [0, 0.1) is 18.3 Å². The number of nitrogens with zero attached hydrogens (tertiary/aromatic N) is 4. The number of hydrogen-bond acceptors (Lipinski definition) is 5. The zero-order valence-corrected chi connectivity index (χ0v) is 32.2. The van der Waals surface area contributed by atoms with E-state index in [1.54, 1.807) is 17.7 Å². The highest BCUT2D eigenvalue weighted by molar-refractivity contribution is 7.95. The number of fused-ring (bicyclic) bond motifs is 7. The lowest BCUT2D eigenvalue weighted by atomic mass is 9.70. The molecule has 0 spiro atoms. The summed E-state index contributed by atoms with van der Waals surface area (Å²) in [7, 11) is 4.09. The molecule has 3 aromatic rings. The summed E-state index contributed by atoms with van der Waals surface area (Å²) in [5, 5.41) is 1.39. The molecule has 2 atom stereocenters. The fraction of sp³-hybridized carbons (Fsp3) is 0.524. The number of nitrogens with one attached hydrogen (secondary N) is 1. The maximum atomic E-state index is 5.03. The van der Waals surface area contributed by atoms with E-state index in [0.717, 1.165) is 49.7 Å². The lowest BCUT2D eigenvalue weighted by Gasteiger charge is -2.42. The molecule has 0 saturated carbocycles. The van der Waals surface area contributed by atoms with Crippen LogP contribution < -0.4 is 4.72 Å². The maximum Gasteiger partial charge on any atom is 0.0536 e. The highest BCUT2D eigenvalue weighted by Crippen LogP contribution is 2.57. The molecule has 5 nitrogen and oxygen atoms in total. The van der Waals surface area contributed by atoms with Gasteiger partial charge in [0.2, 0.25) is 0 Å². The zero-order chi connectivity index (χ0) is 34.9. The van der Waals surface area contributed by atoms with Crippen LogP contribution in [0.5, 0.6) is 0 Å². The van der Waals surface area contributed by atoms with Crippen molar-refractivity contribution < 1.29 is 0 Å². The summed E-state index contributed by atoms with van der Waals surface area (Å²) in [6.45, 7) is 34.8. The number of likely N-dealkylation sites (tertiary alicyclic amines) is 1. The number of benzene rings is 2. The standard InChI is InChI=1S/C42H61N5S/c1-13-16-33(17-14-2)40-36-21-19-34(31(9)43-48-44(11)12)23-39(36)47-27-42(32(10)45(15-3)24-28(4)5)26-46(29(6)7)25-38(42)37-22-30(8)18-20-35(37)41(40)47/h18-23,28,33,38,43H,6,9-10,13-17,24-27H2,1-5,7-8,11-12H3. The summed E-state index contributed by atoms with van der Waals surface area (Å²) < 4.78 is 8.26. The molecule has 260 valence electrons. The molecule has 6 heteroatoms. The summed E-state index contributed by atoms with van der Waals surface area (Å²) in [5.41, 5.74) is 12.8. The van der Waals surface area contributed by atoms with Gasteiger partial charge < -0.3 is 19.1 Å². The zero-order valence-electron chi connectivity index (χ0n) is 31.4. The Bertz CT molecular complexity index is 1660. The van der Waals surface area contributed by atoms with E-state index in [4.69, 9.17) is 6.58 Å². The van der Waals surface area contributed by atoms with Gasteiger partial charge >= 0.3 is 0 Å². The third kappa shape index (κ3) is 6.72. The SMILES string of the molecule is C=C(NSN(C)C)c1ccc2c(C(CCC)CCC)c3n(c2c1)CC1(C(=C)N(CC)CC(C)C)CN(C(=C)C)CC1c1cc(C)ccc1-3. The Hall–Kier alpha value is -3.09. The second-order valence-electron chi connectivity index (χ2n) is 15.1. The van der Waals surface area contributed by atoms with E-state index in [2.05, 4.69) is 121 Å². The molecule has 5 rings (SSSR count). The molecule has 1 aromatic heterocycles. The molecule has 0 aliphatic carbocycles. The van der Waals surface area contributed by atoms with Crippen molar-refractivity contribution >= 4 is 28.7 Å². The summed E-state index contributed by atoms with van der Waals surface area (Å²) in [6.07, 6.45) is 4.74. The monoisotopic (exact) mass is 667 g/mol. The average molecular weight is 668 g/mol. The summed E-state index contributed by atoms with van der Waals surface area (Å²) in [6, 6.07) is 14.4. The van der Waals surface area contributed by atoms with Gasteiger partial charge in [-0.3, -0.25) is 0 Å². The fourth-order valence-electron chi connectivity index (χ4n) is 8.56. The molecule has 1 fully saturated rings. The van der Waals surface area contributed by atoms with E-state index in [9.17, 15) is 0 Å². The quantitative estimate of drug-likeness (QED) is 0.163. The molecule has 2 aliphatic heterocycles. The average Bonchev–Trinajstić information content (AvgIpc) is 3.55. The molecule has 1 N–H and O–H groups in total. The van der Waals surface area contributed by atoms with E-state index in [1.165, 1.54) is 64.7 Å². The van der Waals surface area contributed by atoms with E-state index in [1.807, 2.05) is 14.1 Å². The van der Waals surface area contributed by atoms with Crippen molar-refractivity contribution in [2.24, 2.45) is 11.3 Å². The van der Waals surface area contributed by atoms with Crippen molar-refractivity contribution in [1.29, 1.82) is 0 Å². The summed E-state index contributed by atoms with van der Waals surface area (Å²) in [5.74, 6) is 1.35. The van der Waals surface area contributed by atoms with Gasteiger partial charge in [0.15, 0.2) is 0 Å². The molecular formula is C42H61N5S. The minimum atomic E-state index is -0.197. The van der Waals surface area contributed by atoms with Gasteiger partial charge in [0.05, 0.1) is 11.1 Å². The van der Waals surface area contributed by atoms with Crippen LogP contribution in [-0.2, 0) is 6.54 Å². The largest absolute Gasteiger partial charge is 0.375 e. The van der Waals surface area contributed by atoms with Gasteiger partial charge in [0.1, 0.15) is 0 Å². The predicted molar refractivity (Wildman–Crippen MR) is 211 cm³/mol. The Labute approximate surface area is 296 Å². The van der Waals surface area contributed by atoms with Gasteiger partial charge in [-0.15, -0.1) is 0 Å². The highest BCUT2D eigenvalue weighted by atomic mass is 32.2. The van der Waals surface area contributed by atoms with E-state index in [-0.39, 0.29) is 5.41 Å². The Kier molecular flexibility index (Phi) is 11.2. The van der Waals surface area contributed by atoms with Crippen LogP contribution in [0.4, 0.5) is 0 Å². The molecular weight excluding hydrogens is 607 g/mol. The molecule has 3 heterocycles. The number of aromatic nitrogens is 1. The van der Waals surface area contributed by atoms with E-state index in [0.29, 0.717) is 17.8 Å². The van der Waals surface area contributed by atoms with Gasteiger partial charge in [-0.25, -0.2) is 4.31 Å². The topological polar surface area (TPSA) is 26.7 Å². The number of rotatable bonds is 15.